The van der Waals surface area contributed by atoms with Gasteiger partial charge in [0.25, 0.3) is 0 Å². The molecule has 5 heteroatoms. The Morgan fingerprint density at radius 3 is 2.57 bits per heavy atom. The highest BCUT2D eigenvalue weighted by molar-refractivity contribution is 5.81. The Kier molecular flexibility index (Phi) is 6.62. The van der Waals surface area contributed by atoms with Crippen molar-refractivity contribution < 1.29 is 13.9 Å². The van der Waals surface area contributed by atoms with Crippen LogP contribution in [-0.4, -0.2) is 30.5 Å². The summed E-state index contributed by atoms with van der Waals surface area (Å²) in [4.78, 5) is 14.0. The second-order valence-corrected chi connectivity index (χ2v) is 5.23. The van der Waals surface area contributed by atoms with Crippen molar-refractivity contribution in [2.45, 2.75) is 39.8 Å². The lowest BCUT2D eigenvalue weighted by Crippen LogP contribution is -2.46. The largest absolute Gasteiger partial charge is 0.494 e. The van der Waals surface area contributed by atoms with Crippen LogP contribution in [0, 0.1) is 11.7 Å². The number of hydrogen-bond acceptors (Lipinski definition) is 3. The molecule has 0 saturated carbocycles. The number of halogens is 1. The number of carbonyl (C=O) groups excluding carboxylic acids is 1. The first-order chi connectivity index (χ1) is 9.94. The molecule has 1 aromatic carbocycles. The topological polar surface area (TPSA) is 55.6 Å². The summed E-state index contributed by atoms with van der Waals surface area (Å²) in [7, 11) is 1.42. The molecule has 0 aromatic heterocycles. The summed E-state index contributed by atoms with van der Waals surface area (Å²) >= 11 is 0. The average Bonchev–Trinajstić information content (AvgIpc) is 2.50. The molecular formula is C16H25FN2O2. The number of carbonyl (C=O) groups is 1. The van der Waals surface area contributed by atoms with Crippen molar-refractivity contribution in [1.82, 2.24) is 4.90 Å². The molecule has 4 nitrogen and oxygen atoms in total. The number of ether oxygens (including phenoxy) is 1. The van der Waals surface area contributed by atoms with E-state index in [4.69, 9.17) is 10.5 Å². The SMILES string of the molecule is CC[C@H](C)[C@H](N)C(=O)N(CC)Cc1ccc(OC)c(F)c1. The zero-order chi connectivity index (χ0) is 16.0. The zero-order valence-electron chi connectivity index (χ0n) is 13.2. The third-order valence-electron chi connectivity index (χ3n) is 3.83. The second-order valence-electron chi connectivity index (χ2n) is 5.23. The number of nitrogens with zero attached hydrogens (tertiary/aromatic N) is 1. The number of methoxy groups -OCH3 is 1. The summed E-state index contributed by atoms with van der Waals surface area (Å²) in [6.07, 6.45) is 0.849. The lowest BCUT2D eigenvalue weighted by Gasteiger charge is -2.27. The van der Waals surface area contributed by atoms with E-state index in [1.165, 1.54) is 13.2 Å². The van der Waals surface area contributed by atoms with Crippen LogP contribution in [0.5, 0.6) is 5.75 Å². The van der Waals surface area contributed by atoms with Gasteiger partial charge in [-0.1, -0.05) is 26.3 Å². The Labute approximate surface area is 126 Å². The van der Waals surface area contributed by atoms with Crippen LogP contribution >= 0.6 is 0 Å². The van der Waals surface area contributed by atoms with E-state index in [1.54, 1.807) is 17.0 Å². The lowest BCUT2D eigenvalue weighted by atomic mass is 9.98. The quantitative estimate of drug-likeness (QED) is 0.841. The first-order valence-electron chi connectivity index (χ1n) is 7.31. The molecule has 0 unspecified atom stereocenters. The third-order valence-corrected chi connectivity index (χ3v) is 3.83. The minimum absolute atomic E-state index is 0.0944. The molecule has 0 heterocycles. The van der Waals surface area contributed by atoms with E-state index in [2.05, 4.69) is 0 Å². The van der Waals surface area contributed by atoms with Gasteiger partial charge in [-0.05, 0) is 30.5 Å². The van der Waals surface area contributed by atoms with E-state index in [9.17, 15) is 9.18 Å². The van der Waals surface area contributed by atoms with Gasteiger partial charge in [0.05, 0.1) is 13.2 Å². The van der Waals surface area contributed by atoms with E-state index in [1.807, 2.05) is 20.8 Å². The summed E-state index contributed by atoms with van der Waals surface area (Å²) in [6.45, 7) is 6.74. The number of rotatable bonds is 7. The number of hydrogen-bond donors (Lipinski definition) is 1. The standard InChI is InChI=1S/C16H25FN2O2/c1-5-11(3)15(18)16(20)19(6-2)10-12-7-8-14(21-4)13(17)9-12/h7-9,11,15H,5-6,10,18H2,1-4H3/t11-,15-/m0/s1. The Bertz CT molecular complexity index is 479. The third kappa shape index (κ3) is 4.43. The molecule has 0 bridgehead atoms. The Hall–Kier alpha value is -1.62. The predicted octanol–water partition coefficient (Wildman–Crippen LogP) is 2.56. The van der Waals surface area contributed by atoms with Gasteiger partial charge < -0.3 is 15.4 Å². The fourth-order valence-electron chi connectivity index (χ4n) is 2.08. The normalized spacial score (nSPS) is 13.6. The minimum Gasteiger partial charge on any atom is -0.494 e. The van der Waals surface area contributed by atoms with Crippen LogP contribution in [0.2, 0.25) is 0 Å². The van der Waals surface area contributed by atoms with Crippen molar-refractivity contribution >= 4 is 5.91 Å². The first kappa shape index (κ1) is 17.4. The maximum absolute atomic E-state index is 13.7. The number of nitrogens with two attached hydrogens (primary N) is 1. The highest BCUT2D eigenvalue weighted by Gasteiger charge is 2.24. The maximum atomic E-state index is 13.7. The van der Waals surface area contributed by atoms with Gasteiger partial charge in [-0.25, -0.2) is 4.39 Å². The van der Waals surface area contributed by atoms with E-state index in [-0.39, 0.29) is 17.6 Å². The van der Waals surface area contributed by atoms with Gasteiger partial charge in [-0.3, -0.25) is 4.79 Å². The molecule has 0 radical (unpaired) electrons. The van der Waals surface area contributed by atoms with Crippen LogP contribution in [0.3, 0.4) is 0 Å². The highest BCUT2D eigenvalue weighted by atomic mass is 19.1. The summed E-state index contributed by atoms with van der Waals surface area (Å²) in [5.74, 6) is -0.198. The summed E-state index contributed by atoms with van der Waals surface area (Å²) in [5, 5.41) is 0. The Balaban J connectivity index is 2.82. The molecule has 0 aliphatic rings. The molecule has 0 spiro atoms. The predicted molar refractivity (Wildman–Crippen MR) is 81.5 cm³/mol. The van der Waals surface area contributed by atoms with Crippen LogP contribution in [0.15, 0.2) is 18.2 Å². The summed E-state index contributed by atoms with van der Waals surface area (Å²) < 4.78 is 18.6. The van der Waals surface area contributed by atoms with Gasteiger partial charge in [0.2, 0.25) is 5.91 Å². The van der Waals surface area contributed by atoms with Gasteiger partial charge in [-0.15, -0.1) is 0 Å². The molecule has 1 amide bonds. The van der Waals surface area contributed by atoms with Crippen LogP contribution in [-0.2, 0) is 11.3 Å². The lowest BCUT2D eigenvalue weighted by molar-refractivity contribution is -0.134. The molecule has 0 fully saturated rings. The van der Waals surface area contributed by atoms with E-state index < -0.39 is 11.9 Å². The Morgan fingerprint density at radius 1 is 1.43 bits per heavy atom. The number of likely N-dealkylation sites (N-methyl/N-ethyl adjacent to an activating group) is 1. The van der Waals surface area contributed by atoms with Crippen molar-refractivity contribution in [2.75, 3.05) is 13.7 Å². The second kappa shape index (κ2) is 7.98. The molecule has 1 aromatic rings. The maximum Gasteiger partial charge on any atom is 0.240 e. The highest BCUT2D eigenvalue weighted by Crippen LogP contribution is 2.19. The number of benzene rings is 1. The van der Waals surface area contributed by atoms with E-state index in [0.29, 0.717) is 13.1 Å². The van der Waals surface area contributed by atoms with E-state index in [0.717, 1.165) is 12.0 Å². The van der Waals surface area contributed by atoms with Crippen LogP contribution in [0.25, 0.3) is 0 Å². The smallest absolute Gasteiger partial charge is 0.240 e. The molecular weight excluding hydrogens is 271 g/mol. The van der Waals surface area contributed by atoms with Crippen molar-refractivity contribution in [3.05, 3.63) is 29.6 Å². The number of amides is 1. The van der Waals surface area contributed by atoms with Crippen molar-refractivity contribution in [3.8, 4) is 5.75 Å². The minimum atomic E-state index is -0.516. The van der Waals surface area contributed by atoms with Gasteiger partial charge in [0, 0.05) is 13.1 Å². The monoisotopic (exact) mass is 296 g/mol. The van der Waals surface area contributed by atoms with Gasteiger partial charge >= 0.3 is 0 Å². The molecule has 0 aliphatic heterocycles. The zero-order valence-corrected chi connectivity index (χ0v) is 13.2. The van der Waals surface area contributed by atoms with E-state index >= 15 is 0 Å². The molecule has 0 saturated heterocycles. The van der Waals surface area contributed by atoms with Gasteiger partial charge in [0.1, 0.15) is 0 Å². The summed E-state index contributed by atoms with van der Waals surface area (Å²) in [5.41, 5.74) is 6.71. The molecule has 2 atom stereocenters. The van der Waals surface area contributed by atoms with Gasteiger partial charge in [-0.2, -0.15) is 0 Å². The van der Waals surface area contributed by atoms with Crippen molar-refractivity contribution in [1.29, 1.82) is 0 Å². The fraction of sp³-hybridized carbons (Fsp3) is 0.562. The molecule has 118 valence electrons. The van der Waals surface area contributed by atoms with Crippen molar-refractivity contribution in [3.63, 3.8) is 0 Å². The molecule has 2 N–H and O–H groups in total. The van der Waals surface area contributed by atoms with Crippen LogP contribution < -0.4 is 10.5 Å². The van der Waals surface area contributed by atoms with Crippen LogP contribution in [0.4, 0.5) is 4.39 Å². The fourth-order valence-corrected chi connectivity index (χ4v) is 2.08. The summed E-state index contributed by atoms with van der Waals surface area (Å²) in [6, 6.07) is 4.20. The average molecular weight is 296 g/mol. The Morgan fingerprint density at radius 2 is 2.10 bits per heavy atom. The van der Waals surface area contributed by atoms with Crippen LogP contribution in [0.1, 0.15) is 32.8 Å². The van der Waals surface area contributed by atoms with Crippen molar-refractivity contribution in [2.24, 2.45) is 11.7 Å². The first-order valence-corrected chi connectivity index (χ1v) is 7.31. The molecule has 0 aliphatic carbocycles. The molecule has 21 heavy (non-hydrogen) atoms. The van der Waals surface area contributed by atoms with Gasteiger partial charge in [0.15, 0.2) is 11.6 Å². The molecule has 1 rings (SSSR count).